The van der Waals surface area contributed by atoms with Crippen LogP contribution in [0.15, 0.2) is 36.4 Å². The molecule has 2 aromatic carbocycles. The van der Waals surface area contributed by atoms with Crippen molar-refractivity contribution in [2.24, 2.45) is 5.84 Å². The molecule has 110 valence electrons. The first-order valence-corrected chi connectivity index (χ1v) is 7.59. The summed E-state index contributed by atoms with van der Waals surface area (Å²) in [7, 11) is 0. The van der Waals surface area contributed by atoms with E-state index in [1.165, 1.54) is 5.56 Å². The summed E-state index contributed by atoms with van der Waals surface area (Å²) < 4.78 is 5.53. The van der Waals surface area contributed by atoms with Crippen LogP contribution < -0.4 is 16.0 Å². The Kier molecular flexibility index (Phi) is 4.36. The number of fused-ring (bicyclic) bond motifs is 1. The van der Waals surface area contributed by atoms with E-state index in [1.54, 1.807) is 6.07 Å². The zero-order valence-electron chi connectivity index (χ0n) is 11.4. The number of ether oxygens (including phenoxy) is 1. The highest BCUT2D eigenvalue weighted by Crippen LogP contribution is 2.32. The average Bonchev–Trinajstić information content (AvgIpc) is 2.96. The van der Waals surface area contributed by atoms with Gasteiger partial charge in [-0.3, -0.25) is 11.3 Å². The number of benzene rings is 2. The normalized spacial score (nSPS) is 14.6. The fraction of sp³-hybridized carbons (Fsp3) is 0.250. The van der Waals surface area contributed by atoms with Crippen molar-refractivity contribution in [3.8, 4) is 5.75 Å². The second kappa shape index (κ2) is 6.24. The Bertz CT molecular complexity index is 661. The second-order valence-electron chi connectivity index (χ2n) is 5.10. The minimum atomic E-state index is -0.0214. The van der Waals surface area contributed by atoms with Crippen LogP contribution in [-0.2, 0) is 12.8 Å². The van der Waals surface area contributed by atoms with Crippen molar-refractivity contribution in [3.05, 3.63) is 63.1 Å². The Hall–Kier alpha value is -1.26. The molecular weight excluding hydrogens is 307 g/mol. The SMILES string of the molecule is NNC(Cc1cccc(Cl)c1Cl)c1ccc2c(c1)CCO2. The van der Waals surface area contributed by atoms with Gasteiger partial charge in [-0.25, -0.2) is 0 Å². The number of hydrogen-bond acceptors (Lipinski definition) is 3. The Balaban J connectivity index is 1.87. The maximum Gasteiger partial charge on any atom is 0.122 e. The molecule has 1 aliphatic rings. The maximum atomic E-state index is 6.25. The van der Waals surface area contributed by atoms with E-state index in [0.717, 1.165) is 29.9 Å². The number of hydrogen-bond donors (Lipinski definition) is 2. The number of nitrogens with two attached hydrogens (primary N) is 1. The van der Waals surface area contributed by atoms with Gasteiger partial charge in [-0.15, -0.1) is 0 Å². The van der Waals surface area contributed by atoms with Crippen LogP contribution in [0.5, 0.6) is 5.75 Å². The predicted molar refractivity (Wildman–Crippen MR) is 85.9 cm³/mol. The van der Waals surface area contributed by atoms with Crippen LogP contribution in [0.2, 0.25) is 10.0 Å². The molecule has 0 saturated carbocycles. The highest BCUT2D eigenvalue weighted by atomic mass is 35.5. The van der Waals surface area contributed by atoms with Crippen LogP contribution >= 0.6 is 23.2 Å². The Morgan fingerprint density at radius 1 is 1.24 bits per heavy atom. The van der Waals surface area contributed by atoms with Gasteiger partial charge in [-0.1, -0.05) is 47.5 Å². The molecule has 5 heteroatoms. The third-order valence-corrected chi connectivity index (χ3v) is 4.63. The number of nitrogens with one attached hydrogen (secondary N) is 1. The minimum absolute atomic E-state index is 0.0214. The molecule has 1 aliphatic heterocycles. The summed E-state index contributed by atoms with van der Waals surface area (Å²) in [5, 5.41) is 1.15. The van der Waals surface area contributed by atoms with Gasteiger partial charge in [-0.2, -0.15) is 0 Å². The van der Waals surface area contributed by atoms with Crippen molar-refractivity contribution in [1.29, 1.82) is 0 Å². The lowest BCUT2D eigenvalue weighted by atomic mass is 9.97. The molecule has 0 amide bonds. The molecule has 0 aromatic heterocycles. The van der Waals surface area contributed by atoms with Crippen LogP contribution in [0.3, 0.4) is 0 Å². The first-order valence-electron chi connectivity index (χ1n) is 6.83. The van der Waals surface area contributed by atoms with Gasteiger partial charge in [0, 0.05) is 6.42 Å². The van der Waals surface area contributed by atoms with Crippen molar-refractivity contribution in [1.82, 2.24) is 5.43 Å². The fourth-order valence-electron chi connectivity index (χ4n) is 2.62. The van der Waals surface area contributed by atoms with Crippen molar-refractivity contribution >= 4 is 23.2 Å². The number of hydrazine groups is 1. The molecule has 3 N–H and O–H groups in total. The molecule has 0 saturated heterocycles. The van der Waals surface area contributed by atoms with Crippen LogP contribution in [0.1, 0.15) is 22.7 Å². The molecule has 1 heterocycles. The highest BCUT2D eigenvalue weighted by molar-refractivity contribution is 6.42. The van der Waals surface area contributed by atoms with Gasteiger partial charge in [-0.05, 0) is 35.2 Å². The monoisotopic (exact) mass is 322 g/mol. The molecule has 0 aliphatic carbocycles. The van der Waals surface area contributed by atoms with Crippen LogP contribution in [0.4, 0.5) is 0 Å². The van der Waals surface area contributed by atoms with Gasteiger partial charge >= 0.3 is 0 Å². The summed E-state index contributed by atoms with van der Waals surface area (Å²) in [6.07, 6.45) is 1.62. The van der Waals surface area contributed by atoms with Crippen molar-refractivity contribution in [2.75, 3.05) is 6.61 Å². The van der Waals surface area contributed by atoms with Crippen molar-refractivity contribution in [2.45, 2.75) is 18.9 Å². The average molecular weight is 323 g/mol. The lowest BCUT2D eigenvalue weighted by molar-refractivity contribution is 0.356. The second-order valence-corrected chi connectivity index (χ2v) is 5.89. The Morgan fingerprint density at radius 3 is 2.90 bits per heavy atom. The zero-order chi connectivity index (χ0) is 14.8. The van der Waals surface area contributed by atoms with E-state index in [0.29, 0.717) is 16.5 Å². The molecule has 2 aromatic rings. The first kappa shape index (κ1) is 14.7. The summed E-state index contributed by atoms with van der Waals surface area (Å²) in [6.45, 7) is 0.750. The topological polar surface area (TPSA) is 47.3 Å². The summed E-state index contributed by atoms with van der Waals surface area (Å²) in [5.74, 6) is 6.70. The molecule has 1 unspecified atom stereocenters. The summed E-state index contributed by atoms with van der Waals surface area (Å²) in [5.41, 5.74) is 6.19. The molecule has 0 fully saturated rings. The van der Waals surface area contributed by atoms with Gasteiger partial charge in [0.25, 0.3) is 0 Å². The molecule has 3 nitrogen and oxygen atoms in total. The van der Waals surface area contributed by atoms with Crippen molar-refractivity contribution < 1.29 is 4.74 Å². The zero-order valence-corrected chi connectivity index (χ0v) is 12.9. The summed E-state index contributed by atoms with van der Waals surface area (Å²) in [6, 6.07) is 11.8. The largest absolute Gasteiger partial charge is 0.493 e. The predicted octanol–water partition coefficient (Wildman–Crippen LogP) is 3.68. The van der Waals surface area contributed by atoms with Gasteiger partial charge in [0.2, 0.25) is 0 Å². The van der Waals surface area contributed by atoms with E-state index in [4.69, 9.17) is 33.8 Å². The lowest BCUT2D eigenvalue weighted by Gasteiger charge is -2.18. The molecule has 1 atom stereocenters. The maximum absolute atomic E-state index is 6.25. The van der Waals surface area contributed by atoms with Gasteiger partial charge in [0.15, 0.2) is 0 Å². The van der Waals surface area contributed by atoms with E-state index in [1.807, 2.05) is 24.3 Å². The lowest BCUT2D eigenvalue weighted by Crippen LogP contribution is -2.29. The number of rotatable bonds is 4. The molecule has 0 spiro atoms. The summed E-state index contributed by atoms with van der Waals surface area (Å²) >= 11 is 12.3. The van der Waals surface area contributed by atoms with Crippen molar-refractivity contribution in [3.63, 3.8) is 0 Å². The Morgan fingerprint density at radius 2 is 2.10 bits per heavy atom. The Labute approximate surface area is 134 Å². The van der Waals surface area contributed by atoms with Gasteiger partial charge in [0.1, 0.15) is 5.75 Å². The molecule has 0 radical (unpaired) electrons. The fourth-order valence-corrected chi connectivity index (χ4v) is 3.02. The van der Waals surface area contributed by atoms with E-state index >= 15 is 0 Å². The smallest absolute Gasteiger partial charge is 0.122 e. The first-order chi connectivity index (χ1) is 10.2. The van der Waals surface area contributed by atoms with E-state index in [9.17, 15) is 0 Å². The van der Waals surface area contributed by atoms with Crippen LogP contribution in [0.25, 0.3) is 0 Å². The van der Waals surface area contributed by atoms with E-state index < -0.39 is 0 Å². The van der Waals surface area contributed by atoms with Gasteiger partial charge in [0.05, 0.1) is 22.7 Å². The summed E-state index contributed by atoms with van der Waals surface area (Å²) in [4.78, 5) is 0. The minimum Gasteiger partial charge on any atom is -0.493 e. The number of halogens is 2. The quantitative estimate of drug-likeness (QED) is 0.666. The molecular formula is C16H16Cl2N2O. The molecule has 0 bridgehead atoms. The van der Waals surface area contributed by atoms with Gasteiger partial charge < -0.3 is 4.74 Å². The van der Waals surface area contributed by atoms with Crippen LogP contribution in [0, 0.1) is 0 Å². The standard InChI is InChI=1S/C16H16Cl2N2O/c17-13-3-1-2-12(16(13)18)9-14(20-19)10-4-5-15-11(8-10)6-7-21-15/h1-5,8,14,20H,6-7,9,19H2. The van der Waals surface area contributed by atoms with E-state index in [-0.39, 0.29) is 6.04 Å². The highest BCUT2D eigenvalue weighted by Gasteiger charge is 2.18. The van der Waals surface area contributed by atoms with E-state index in [2.05, 4.69) is 11.5 Å². The van der Waals surface area contributed by atoms with Crippen LogP contribution in [-0.4, -0.2) is 6.61 Å². The molecule has 3 rings (SSSR count). The third-order valence-electron chi connectivity index (χ3n) is 3.77. The molecule has 21 heavy (non-hydrogen) atoms. The third kappa shape index (κ3) is 3.01.